The van der Waals surface area contributed by atoms with Crippen LogP contribution < -0.4 is 5.32 Å². The first kappa shape index (κ1) is 23.1. The summed E-state index contributed by atoms with van der Waals surface area (Å²) in [5.74, 6) is -0.950. The molecule has 7 nitrogen and oxygen atoms in total. The molecular weight excluding hydrogens is 445 g/mol. The van der Waals surface area contributed by atoms with Crippen molar-refractivity contribution < 1.29 is 14.0 Å². The largest absolute Gasteiger partial charge is 0.323 e. The molecule has 9 heteroatoms. The van der Waals surface area contributed by atoms with Crippen LogP contribution in [0.3, 0.4) is 0 Å². The van der Waals surface area contributed by atoms with Gasteiger partial charge in [0.2, 0.25) is 5.91 Å². The number of nitriles is 1. The number of likely N-dealkylation sites (tertiary alicyclic amines) is 1. The van der Waals surface area contributed by atoms with Gasteiger partial charge in [0.25, 0.3) is 0 Å². The lowest BCUT2D eigenvalue weighted by Crippen LogP contribution is -2.49. The highest BCUT2D eigenvalue weighted by Crippen LogP contribution is 2.30. The number of nitrogens with one attached hydrogen (secondary N) is 1. The Hall–Kier alpha value is -3.02. The number of nitrogens with zero attached hydrogens (tertiary/aromatic N) is 4. The predicted molar refractivity (Wildman–Crippen MR) is 123 cm³/mol. The van der Waals surface area contributed by atoms with Gasteiger partial charge in [0.05, 0.1) is 11.2 Å². The van der Waals surface area contributed by atoms with E-state index in [0.29, 0.717) is 29.6 Å². The first-order chi connectivity index (χ1) is 15.8. The lowest BCUT2D eigenvalue weighted by molar-refractivity contribution is -0.135. The summed E-state index contributed by atoms with van der Waals surface area (Å²) >= 11 is 5.92. The van der Waals surface area contributed by atoms with Crippen LogP contribution in [-0.2, 0) is 11.3 Å². The molecule has 0 spiro atoms. The molecule has 1 aliphatic heterocycles. The molecule has 0 bridgehead atoms. The van der Waals surface area contributed by atoms with Crippen LogP contribution in [0.1, 0.15) is 49.2 Å². The summed E-state index contributed by atoms with van der Waals surface area (Å²) in [7, 11) is 0. The smallest absolute Gasteiger partial charge is 0.244 e. The molecule has 2 aromatic heterocycles. The van der Waals surface area contributed by atoms with E-state index in [1.54, 1.807) is 33.9 Å². The number of amides is 1. The molecule has 2 aromatic rings. The van der Waals surface area contributed by atoms with Gasteiger partial charge in [0, 0.05) is 35.7 Å². The number of hydrogen-bond donors (Lipinski definition) is 1. The lowest BCUT2D eigenvalue weighted by atomic mass is 9.99. The van der Waals surface area contributed by atoms with Crippen molar-refractivity contribution in [3.05, 3.63) is 52.6 Å². The van der Waals surface area contributed by atoms with Crippen LogP contribution in [0.25, 0.3) is 11.0 Å². The first-order valence-corrected chi connectivity index (χ1v) is 11.3. The van der Waals surface area contributed by atoms with Crippen molar-refractivity contribution in [1.82, 2.24) is 19.8 Å². The Balaban J connectivity index is 1.53. The maximum Gasteiger partial charge on any atom is 0.244 e. The molecule has 2 aliphatic rings. The van der Waals surface area contributed by atoms with Gasteiger partial charge < -0.3 is 9.47 Å². The zero-order valence-corrected chi connectivity index (χ0v) is 19.3. The quantitative estimate of drug-likeness (QED) is 0.645. The number of hydrogen-bond acceptors (Lipinski definition) is 5. The summed E-state index contributed by atoms with van der Waals surface area (Å²) in [6, 6.07) is 5.26. The predicted octanol–water partition coefficient (Wildman–Crippen LogP) is 4.03. The number of pyridine rings is 1. The van der Waals surface area contributed by atoms with Gasteiger partial charge in [-0.05, 0) is 51.3 Å². The van der Waals surface area contributed by atoms with Crippen LogP contribution in [0.5, 0.6) is 0 Å². The standard InChI is InChI=1S/C24H25ClFN5O2/c1-14-6-9-21(28-11-16-4-3-5-20(25)23(16)26)31(14)22(33)13-30-12-19(15(2)32)18-8-7-17(10-27)29-24(18)30/h3,5,7-8,12,14,16,21,28H,4,6,9,11,13H2,1-2H3/t14-,16?,21?/m1/s1. The summed E-state index contributed by atoms with van der Waals surface area (Å²) in [6.07, 6.45) is 6.97. The normalized spacial score (nSPS) is 22.8. The number of rotatable bonds is 6. The van der Waals surface area contributed by atoms with E-state index >= 15 is 0 Å². The Morgan fingerprint density at radius 2 is 2.15 bits per heavy atom. The van der Waals surface area contributed by atoms with Crippen molar-refractivity contribution in [2.45, 2.75) is 51.9 Å². The number of Topliss-reactive ketones (excluding diaryl/α,β-unsaturated/α-hetero) is 1. The minimum atomic E-state index is -0.351. The Kier molecular flexibility index (Phi) is 6.63. The van der Waals surface area contributed by atoms with Gasteiger partial charge in [-0.25, -0.2) is 9.37 Å². The maximum absolute atomic E-state index is 14.3. The number of halogens is 2. The molecule has 1 fully saturated rings. The Morgan fingerprint density at radius 3 is 2.88 bits per heavy atom. The van der Waals surface area contributed by atoms with Crippen molar-refractivity contribution in [1.29, 1.82) is 5.26 Å². The van der Waals surface area contributed by atoms with Crippen LogP contribution in [0.2, 0.25) is 0 Å². The average Bonchev–Trinajstić information content (AvgIpc) is 3.34. The third-order valence-electron chi connectivity index (χ3n) is 6.35. The summed E-state index contributed by atoms with van der Waals surface area (Å²) in [6.45, 7) is 3.81. The fourth-order valence-electron chi connectivity index (χ4n) is 4.62. The SMILES string of the molecule is CC(=O)c1cn(CC(=O)N2C(NCC3CC=CC(Cl)=C3F)CC[C@H]2C)c2nc(C#N)ccc12. The first-order valence-electron chi connectivity index (χ1n) is 11.0. The van der Waals surface area contributed by atoms with Crippen LogP contribution in [0.4, 0.5) is 4.39 Å². The van der Waals surface area contributed by atoms with Gasteiger partial charge in [0.15, 0.2) is 5.78 Å². The highest BCUT2D eigenvalue weighted by molar-refractivity contribution is 6.31. The molecule has 2 unspecified atom stereocenters. The Morgan fingerprint density at radius 1 is 1.36 bits per heavy atom. The van der Waals surface area contributed by atoms with Crippen molar-refractivity contribution >= 4 is 34.3 Å². The van der Waals surface area contributed by atoms with Gasteiger partial charge in [-0.2, -0.15) is 5.26 Å². The number of carbonyl (C=O) groups excluding carboxylic acids is 2. The minimum absolute atomic E-state index is 0.0135. The second-order valence-corrected chi connectivity index (χ2v) is 9.00. The molecule has 1 amide bonds. The van der Waals surface area contributed by atoms with E-state index in [1.807, 2.05) is 19.1 Å². The van der Waals surface area contributed by atoms with E-state index in [0.717, 1.165) is 12.8 Å². The average molecular weight is 470 g/mol. The van der Waals surface area contributed by atoms with Gasteiger partial charge in [-0.1, -0.05) is 17.7 Å². The molecule has 1 saturated heterocycles. The zero-order valence-electron chi connectivity index (χ0n) is 18.5. The molecular formula is C24H25ClFN5O2. The highest BCUT2D eigenvalue weighted by atomic mass is 35.5. The molecule has 0 radical (unpaired) electrons. The van der Waals surface area contributed by atoms with E-state index in [1.165, 1.54) is 6.92 Å². The molecule has 33 heavy (non-hydrogen) atoms. The van der Waals surface area contributed by atoms with Crippen molar-refractivity contribution in [2.75, 3.05) is 6.54 Å². The monoisotopic (exact) mass is 469 g/mol. The topological polar surface area (TPSA) is 91.0 Å². The van der Waals surface area contributed by atoms with E-state index < -0.39 is 0 Å². The second kappa shape index (κ2) is 9.46. The number of ketones is 1. The van der Waals surface area contributed by atoms with Crippen molar-refractivity contribution in [3.8, 4) is 6.07 Å². The van der Waals surface area contributed by atoms with Crippen molar-refractivity contribution in [2.24, 2.45) is 5.92 Å². The summed E-state index contributed by atoms with van der Waals surface area (Å²) in [4.78, 5) is 31.6. The molecule has 1 aliphatic carbocycles. The van der Waals surface area contributed by atoms with Crippen LogP contribution in [-0.4, -0.2) is 44.9 Å². The number of carbonyl (C=O) groups is 2. The molecule has 0 aromatic carbocycles. The maximum atomic E-state index is 14.3. The van der Waals surface area contributed by atoms with E-state index in [9.17, 15) is 19.2 Å². The second-order valence-electron chi connectivity index (χ2n) is 8.59. The fourth-order valence-corrected chi connectivity index (χ4v) is 4.87. The third kappa shape index (κ3) is 4.56. The van der Waals surface area contributed by atoms with Gasteiger partial charge in [-0.15, -0.1) is 0 Å². The highest BCUT2D eigenvalue weighted by Gasteiger charge is 2.35. The van der Waals surface area contributed by atoms with Gasteiger partial charge >= 0.3 is 0 Å². The summed E-state index contributed by atoms with van der Waals surface area (Å²) in [5, 5.41) is 13.3. The lowest BCUT2D eigenvalue weighted by Gasteiger charge is -2.31. The Labute approximate surface area is 196 Å². The number of fused-ring (bicyclic) bond motifs is 1. The van der Waals surface area contributed by atoms with E-state index in [-0.39, 0.29) is 52.9 Å². The zero-order chi connectivity index (χ0) is 23.7. The molecule has 1 N–H and O–H groups in total. The molecule has 4 rings (SSSR count). The number of allylic oxidation sites excluding steroid dienone is 3. The van der Waals surface area contributed by atoms with Gasteiger partial charge in [-0.3, -0.25) is 14.9 Å². The van der Waals surface area contributed by atoms with Crippen molar-refractivity contribution in [3.63, 3.8) is 0 Å². The van der Waals surface area contributed by atoms with Crippen LogP contribution in [0.15, 0.2) is 41.3 Å². The molecule has 0 saturated carbocycles. The number of aromatic nitrogens is 2. The molecule has 172 valence electrons. The van der Waals surface area contributed by atoms with Gasteiger partial charge in [0.1, 0.15) is 29.8 Å². The summed E-state index contributed by atoms with van der Waals surface area (Å²) in [5.41, 5.74) is 1.11. The fraction of sp³-hybridized carbons (Fsp3) is 0.417. The minimum Gasteiger partial charge on any atom is -0.323 e. The van der Waals surface area contributed by atoms with Crippen LogP contribution in [0, 0.1) is 17.2 Å². The van der Waals surface area contributed by atoms with E-state index in [4.69, 9.17) is 11.6 Å². The third-order valence-corrected chi connectivity index (χ3v) is 6.66. The molecule has 3 heterocycles. The Bertz CT molecular complexity index is 1210. The molecule has 3 atom stereocenters. The van der Waals surface area contributed by atoms with E-state index in [2.05, 4.69) is 10.3 Å². The summed E-state index contributed by atoms with van der Waals surface area (Å²) < 4.78 is 16.0. The van der Waals surface area contributed by atoms with Crippen LogP contribution >= 0.6 is 11.6 Å².